The van der Waals surface area contributed by atoms with Gasteiger partial charge in [-0.15, -0.1) is 0 Å². The molecule has 0 unspecified atom stereocenters. The van der Waals surface area contributed by atoms with Crippen molar-refractivity contribution in [3.63, 3.8) is 0 Å². The Labute approximate surface area is 216 Å². The maximum atomic E-state index is 13.8. The van der Waals surface area contributed by atoms with E-state index in [2.05, 4.69) is 0 Å². The molecule has 1 N–H and O–H groups in total. The fourth-order valence-electron chi connectivity index (χ4n) is 4.12. The van der Waals surface area contributed by atoms with Crippen molar-refractivity contribution in [3.05, 3.63) is 52.5 Å². The van der Waals surface area contributed by atoms with E-state index in [-0.39, 0.29) is 5.41 Å². The summed E-state index contributed by atoms with van der Waals surface area (Å²) in [5.41, 5.74) is 1.41. The Bertz CT molecular complexity index is 1260. The fourth-order valence-corrected chi connectivity index (χ4v) is 4.80. The van der Waals surface area contributed by atoms with Crippen LogP contribution in [-0.4, -0.2) is 53.4 Å². The van der Waals surface area contributed by atoms with Gasteiger partial charge in [0, 0.05) is 28.4 Å². The maximum Gasteiger partial charge on any atom is 0.256 e. The first kappa shape index (κ1) is 27.8. The molecule has 0 aromatic heterocycles. The lowest BCUT2D eigenvalue weighted by molar-refractivity contribution is -0.137. The second kappa shape index (κ2) is 10.7. The van der Waals surface area contributed by atoms with Gasteiger partial charge in [-0.2, -0.15) is 0 Å². The Morgan fingerprint density at radius 1 is 1.14 bits per heavy atom. The first-order chi connectivity index (χ1) is 16.7. The first-order valence-corrected chi connectivity index (χ1v) is 13.5. The fraction of sp³-hybridized carbons (Fsp3) is 0.440. The lowest BCUT2D eigenvalue weighted by atomic mass is 9.94. The number of carbonyl (C=O) groups excluding carboxylic acids is 2. The van der Waals surface area contributed by atoms with Crippen molar-refractivity contribution in [1.82, 2.24) is 4.72 Å². The lowest BCUT2D eigenvalue weighted by Gasteiger charge is -2.31. The normalized spacial score (nSPS) is 18.3. The summed E-state index contributed by atoms with van der Waals surface area (Å²) in [6.45, 7) is 6.26. The van der Waals surface area contributed by atoms with E-state index in [4.69, 9.17) is 25.8 Å². The molecule has 2 amide bonds. The molecule has 2 aromatic carbocycles. The van der Waals surface area contributed by atoms with Crippen molar-refractivity contribution in [2.24, 2.45) is 5.41 Å². The highest BCUT2D eigenvalue weighted by atomic mass is 35.5. The van der Waals surface area contributed by atoms with Crippen LogP contribution in [0.4, 0.5) is 5.69 Å². The molecule has 1 aliphatic heterocycles. The minimum absolute atomic E-state index is 0.306. The first-order valence-electron chi connectivity index (χ1n) is 11.2. The molecule has 1 heterocycles. The van der Waals surface area contributed by atoms with Crippen molar-refractivity contribution in [2.45, 2.75) is 39.4 Å². The number of benzene rings is 2. The number of ether oxygens (including phenoxy) is 3. The molecule has 0 saturated heterocycles. The van der Waals surface area contributed by atoms with E-state index in [0.717, 1.165) is 6.26 Å². The SMILES string of the molecule is COc1cccc([C@H]2O[C@H](CC(=O)NS(C)(=O)=O)C(=O)N(CC(C)(C)C)c3ccc(Cl)cc32)c1OC. The summed E-state index contributed by atoms with van der Waals surface area (Å²) in [6, 6.07) is 10.4. The van der Waals surface area contributed by atoms with Crippen molar-refractivity contribution in [3.8, 4) is 11.5 Å². The van der Waals surface area contributed by atoms with Crippen LogP contribution < -0.4 is 19.1 Å². The maximum absolute atomic E-state index is 13.8. The van der Waals surface area contributed by atoms with E-state index in [1.165, 1.54) is 14.2 Å². The zero-order chi connectivity index (χ0) is 26.8. The number of amides is 2. The summed E-state index contributed by atoms with van der Waals surface area (Å²) in [5.74, 6) is -0.476. The van der Waals surface area contributed by atoms with Gasteiger partial charge in [-0.25, -0.2) is 8.42 Å². The van der Waals surface area contributed by atoms with Crippen molar-refractivity contribution in [2.75, 3.05) is 31.9 Å². The van der Waals surface area contributed by atoms with Crippen LogP contribution in [0.25, 0.3) is 0 Å². The van der Waals surface area contributed by atoms with Crippen LogP contribution in [0.15, 0.2) is 36.4 Å². The van der Waals surface area contributed by atoms with E-state index in [0.29, 0.717) is 39.9 Å². The summed E-state index contributed by atoms with van der Waals surface area (Å²) >= 11 is 6.38. The van der Waals surface area contributed by atoms with Gasteiger partial charge in [-0.05, 0) is 29.7 Å². The number of nitrogens with one attached hydrogen (secondary N) is 1. The number of halogens is 1. The van der Waals surface area contributed by atoms with E-state index >= 15 is 0 Å². The molecule has 0 saturated carbocycles. The van der Waals surface area contributed by atoms with Crippen molar-refractivity contribution < 1.29 is 32.2 Å². The Balaban J connectivity index is 2.22. The van der Waals surface area contributed by atoms with Crippen LogP contribution in [0.2, 0.25) is 5.02 Å². The number of anilines is 1. The predicted octanol–water partition coefficient (Wildman–Crippen LogP) is 3.69. The van der Waals surface area contributed by atoms with Gasteiger partial charge in [0.05, 0.1) is 26.9 Å². The highest BCUT2D eigenvalue weighted by molar-refractivity contribution is 7.89. The molecule has 9 nitrogen and oxygen atoms in total. The van der Waals surface area contributed by atoms with Crippen molar-refractivity contribution >= 4 is 39.1 Å². The number of nitrogens with zero attached hydrogens (tertiary/aromatic N) is 1. The Morgan fingerprint density at radius 2 is 1.83 bits per heavy atom. The van der Waals surface area contributed by atoms with Crippen molar-refractivity contribution in [1.29, 1.82) is 0 Å². The average Bonchev–Trinajstić information content (AvgIpc) is 2.86. The Hall–Kier alpha value is -2.82. The van der Waals surface area contributed by atoms with Gasteiger partial charge in [0.15, 0.2) is 11.5 Å². The molecule has 1 aliphatic rings. The highest BCUT2D eigenvalue weighted by Crippen LogP contribution is 2.45. The monoisotopic (exact) mass is 538 g/mol. The van der Waals surface area contributed by atoms with Gasteiger partial charge < -0.3 is 19.1 Å². The molecular weight excluding hydrogens is 508 g/mol. The van der Waals surface area contributed by atoms with E-state index in [1.54, 1.807) is 41.3 Å². The third-order valence-electron chi connectivity index (χ3n) is 5.42. The van der Waals surface area contributed by atoms with E-state index in [9.17, 15) is 18.0 Å². The molecule has 36 heavy (non-hydrogen) atoms. The number of fused-ring (bicyclic) bond motifs is 1. The minimum atomic E-state index is -3.82. The number of para-hydroxylation sites is 1. The third-order valence-corrected chi connectivity index (χ3v) is 6.26. The summed E-state index contributed by atoms with van der Waals surface area (Å²) < 4.78 is 42.6. The largest absolute Gasteiger partial charge is 0.493 e. The number of carbonyl (C=O) groups is 2. The molecular formula is C25H31ClN2O7S. The summed E-state index contributed by atoms with van der Waals surface area (Å²) in [5, 5.41) is 0.431. The third kappa shape index (κ3) is 6.48. The molecule has 0 aliphatic carbocycles. The van der Waals surface area contributed by atoms with Crippen LogP contribution >= 0.6 is 11.6 Å². The molecule has 0 radical (unpaired) electrons. The zero-order valence-corrected chi connectivity index (χ0v) is 22.7. The quantitative estimate of drug-likeness (QED) is 0.572. The molecule has 0 bridgehead atoms. The van der Waals surface area contributed by atoms with Gasteiger partial charge >= 0.3 is 0 Å². The standard InChI is InChI=1S/C25H31ClN2O7S/c1-25(2,3)14-28-18-11-10-15(26)12-17(18)22(16-8-7-9-19(33-4)23(16)34-5)35-20(24(28)30)13-21(29)27-36(6,31)32/h7-12,20,22H,13-14H2,1-6H3,(H,27,29)/t20-,22-/m1/s1. The molecule has 2 atom stereocenters. The van der Waals surface area contributed by atoms with Gasteiger partial charge in [-0.1, -0.05) is 44.5 Å². The van der Waals surface area contributed by atoms with Gasteiger partial charge in [0.25, 0.3) is 5.91 Å². The lowest BCUT2D eigenvalue weighted by Crippen LogP contribution is -2.45. The molecule has 0 fully saturated rings. The molecule has 2 aromatic rings. The summed E-state index contributed by atoms with van der Waals surface area (Å²) in [7, 11) is -0.823. The van der Waals surface area contributed by atoms with Crippen LogP contribution in [0, 0.1) is 5.41 Å². The average molecular weight is 539 g/mol. The number of sulfonamides is 1. The van der Waals surface area contributed by atoms with Crippen LogP contribution in [0.1, 0.15) is 44.4 Å². The second-order valence-corrected chi connectivity index (χ2v) is 12.0. The second-order valence-electron chi connectivity index (χ2n) is 9.78. The molecule has 3 rings (SSSR count). The van der Waals surface area contributed by atoms with Gasteiger partial charge in [0.2, 0.25) is 15.9 Å². The minimum Gasteiger partial charge on any atom is -0.493 e. The van der Waals surface area contributed by atoms with E-state index < -0.39 is 40.5 Å². The number of rotatable bonds is 7. The number of hydrogen-bond donors (Lipinski definition) is 1. The van der Waals surface area contributed by atoms with Crippen LogP contribution in [0.3, 0.4) is 0 Å². The summed E-state index contributed by atoms with van der Waals surface area (Å²) in [4.78, 5) is 27.9. The number of hydrogen-bond acceptors (Lipinski definition) is 7. The topological polar surface area (TPSA) is 111 Å². The zero-order valence-electron chi connectivity index (χ0n) is 21.1. The van der Waals surface area contributed by atoms with Gasteiger partial charge in [-0.3, -0.25) is 14.3 Å². The van der Waals surface area contributed by atoms with Crippen LogP contribution in [-0.2, 0) is 24.3 Å². The predicted molar refractivity (Wildman–Crippen MR) is 137 cm³/mol. The van der Waals surface area contributed by atoms with Gasteiger partial charge in [0.1, 0.15) is 12.2 Å². The smallest absolute Gasteiger partial charge is 0.256 e. The summed E-state index contributed by atoms with van der Waals surface area (Å²) in [6.07, 6.45) is -1.80. The molecule has 196 valence electrons. The Morgan fingerprint density at radius 3 is 2.42 bits per heavy atom. The molecule has 0 spiro atoms. The number of methoxy groups -OCH3 is 2. The highest BCUT2D eigenvalue weighted by Gasteiger charge is 2.40. The molecule has 11 heteroatoms. The van der Waals surface area contributed by atoms with Crippen LogP contribution in [0.5, 0.6) is 11.5 Å². The van der Waals surface area contributed by atoms with E-state index in [1.807, 2.05) is 25.5 Å². The Kier molecular flexibility index (Phi) is 8.22.